The molecule has 0 aliphatic carbocycles. The maximum atomic E-state index is 12.7. The Bertz CT molecular complexity index is 1800. The first-order chi connectivity index (χ1) is 18.8. The lowest BCUT2D eigenvalue weighted by molar-refractivity contribution is 0.102. The van der Waals surface area contributed by atoms with Crippen LogP contribution in [0.5, 0.6) is 0 Å². The summed E-state index contributed by atoms with van der Waals surface area (Å²) in [6.07, 6.45) is 1.78. The van der Waals surface area contributed by atoms with Gasteiger partial charge in [-0.15, -0.1) is 0 Å². The summed E-state index contributed by atoms with van der Waals surface area (Å²) in [6.45, 7) is 3.87. The molecule has 0 spiro atoms. The fourth-order valence-corrected chi connectivity index (χ4v) is 4.66. The number of para-hydroxylation sites is 2. The average Bonchev–Trinajstić information content (AvgIpc) is 3.33. The number of fused-ring (bicyclic) bond motifs is 3. The summed E-state index contributed by atoms with van der Waals surface area (Å²) >= 11 is 0. The van der Waals surface area contributed by atoms with Crippen LogP contribution in [0.2, 0.25) is 0 Å². The molecule has 6 heteroatoms. The maximum absolute atomic E-state index is 12.7. The first kappa shape index (κ1) is 24.4. The van der Waals surface area contributed by atoms with Crippen molar-refractivity contribution in [2.45, 2.75) is 19.4 Å². The monoisotopic (exact) mass is 512 g/mol. The highest BCUT2D eigenvalue weighted by molar-refractivity contribution is 6.09. The van der Waals surface area contributed by atoms with E-state index in [1.807, 2.05) is 92.7 Å². The molecule has 0 bridgehead atoms. The third-order valence-electron chi connectivity index (χ3n) is 6.76. The predicted octanol–water partition coefficient (Wildman–Crippen LogP) is 7.84. The van der Waals surface area contributed by atoms with Crippen molar-refractivity contribution in [2.24, 2.45) is 5.73 Å². The number of pyridine rings is 1. The number of furan rings is 1. The van der Waals surface area contributed by atoms with E-state index in [0.29, 0.717) is 11.3 Å². The van der Waals surface area contributed by atoms with Gasteiger partial charge < -0.3 is 20.8 Å². The summed E-state index contributed by atoms with van der Waals surface area (Å²) in [6, 6.07) is 33.1. The molecule has 0 saturated carbocycles. The van der Waals surface area contributed by atoms with Crippen LogP contribution in [0.3, 0.4) is 0 Å². The topological polar surface area (TPSA) is 93.2 Å². The van der Waals surface area contributed by atoms with Gasteiger partial charge >= 0.3 is 0 Å². The van der Waals surface area contributed by atoms with Gasteiger partial charge in [0.15, 0.2) is 0 Å². The van der Waals surface area contributed by atoms with E-state index in [-0.39, 0.29) is 5.91 Å². The van der Waals surface area contributed by atoms with Gasteiger partial charge in [-0.3, -0.25) is 9.78 Å². The number of hydrogen-bond donors (Lipinski definition) is 3. The van der Waals surface area contributed by atoms with Crippen LogP contribution < -0.4 is 16.4 Å². The van der Waals surface area contributed by atoms with Gasteiger partial charge in [-0.05, 0) is 80.1 Å². The molecule has 39 heavy (non-hydrogen) atoms. The largest absolute Gasteiger partial charge is 0.455 e. The predicted molar refractivity (Wildman–Crippen MR) is 158 cm³/mol. The molecular formula is C33H28N4O2. The number of nitrogens with two attached hydrogens (primary N) is 1. The van der Waals surface area contributed by atoms with E-state index in [2.05, 4.69) is 27.8 Å². The highest BCUT2D eigenvalue weighted by Gasteiger charge is 2.15. The second-order valence-corrected chi connectivity index (χ2v) is 10.2. The van der Waals surface area contributed by atoms with Crippen molar-refractivity contribution < 1.29 is 9.21 Å². The zero-order valence-corrected chi connectivity index (χ0v) is 21.7. The highest BCUT2D eigenvalue weighted by atomic mass is 16.3. The molecule has 0 atom stereocenters. The minimum absolute atomic E-state index is 0.171. The Morgan fingerprint density at radius 3 is 2.28 bits per heavy atom. The van der Waals surface area contributed by atoms with Crippen LogP contribution in [0.4, 0.5) is 17.1 Å². The zero-order valence-electron chi connectivity index (χ0n) is 21.7. The molecule has 0 radical (unpaired) electrons. The number of nitrogens with zero attached hydrogens (tertiary/aromatic N) is 1. The standard InChI is InChI=1S/C33H28N4O2/c1-33(2,34)22-12-10-21(11-13-22)32(38)37-24-16-14-23(15-17-24)36-25-18-19-35-29(20-25)28-8-5-7-27-26-6-3-4-9-30(26)39-31(27)28/h3-20H,34H2,1-2H3,(H,35,36)(H,37,38). The Balaban J connectivity index is 1.18. The number of benzene rings is 4. The molecule has 6 nitrogen and oxygen atoms in total. The van der Waals surface area contributed by atoms with Crippen LogP contribution >= 0.6 is 0 Å². The lowest BCUT2D eigenvalue weighted by atomic mass is 9.95. The van der Waals surface area contributed by atoms with Crippen LogP contribution in [-0.2, 0) is 5.54 Å². The molecule has 2 heterocycles. The van der Waals surface area contributed by atoms with Crippen molar-refractivity contribution >= 4 is 44.9 Å². The van der Waals surface area contributed by atoms with Gasteiger partial charge in [0.25, 0.3) is 5.91 Å². The van der Waals surface area contributed by atoms with Crippen LogP contribution in [0.1, 0.15) is 29.8 Å². The molecule has 4 aromatic carbocycles. The van der Waals surface area contributed by atoms with Crippen molar-refractivity contribution in [1.29, 1.82) is 0 Å². The molecule has 0 fully saturated rings. The summed E-state index contributed by atoms with van der Waals surface area (Å²) in [5, 5.41) is 8.53. The molecule has 2 aromatic heterocycles. The molecule has 0 unspecified atom stereocenters. The van der Waals surface area contributed by atoms with Crippen LogP contribution in [0, 0.1) is 0 Å². The van der Waals surface area contributed by atoms with Crippen LogP contribution in [0.15, 0.2) is 114 Å². The Morgan fingerprint density at radius 2 is 1.51 bits per heavy atom. The van der Waals surface area contributed by atoms with E-state index in [0.717, 1.165) is 50.1 Å². The summed E-state index contributed by atoms with van der Waals surface area (Å²) in [5.74, 6) is -0.171. The molecular weight excluding hydrogens is 484 g/mol. The van der Waals surface area contributed by atoms with Gasteiger partial charge in [-0.25, -0.2) is 0 Å². The number of carbonyl (C=O) groups excluding carboxylic acids is 1. The van der Waals surface area contributed by atoms with Crippen molar-refractivity contribution in [3.05, 3.63) is 120 Å². The average molecular weight is 513 g/mol. The molecule has 4 N–H and O–H groups in total. The van der Waals surface area contributed by atoms with Crippen LogP contribution in [-0.4, -0.2) is 10.9 Å². The van der Waals surface area contributed by atoms with Gasteiger partial charge in [-0.2, -0.15) is 0 Å². The van der Waals surface area contributed by atoms with E-state index in [4.69, 9.17) is 10.2 Å². The molecule has 6 aromatic rings. The van der Waals surface area contributed by atoms with Crippen LogP contribution in [0.25, 0.3) is 33.2 Å². The van der Waals surface area contributed by atoms with Gasteiger partial charge in [-0.1, -0.05) is 42.5 Å². The Labute approximate surface area is 226 Å². The van der Waals surface area contributed by atoms with E-state index < -0.39 is 5.54 Å². The number of rotatable bonds is 6. The molecule has 1 amide bonds. The van der Waals surface area contributed by atoms with Crippen molar-refractivity contribution in [3.63, 3.8) is 0 Å². The number of carbonyl (C=O) groups is 1. The molecule has 0 saturated heterocycles. The Kier molecular flexibility index (Phi) is 6.09. The summed E-state index contributed by atoms with van der Waals surface area (Å²) < 4.78 is 6.19. The third-order valence-corrected chi connectivity index (χ3v) is 6.76. The minimum atomic E-state index is -0.450. The van der Waals surface area contributed by atoms with Crippen molar-refractivity contribution in [3.8, 4) is 11.3 Å². The van der Waals surface area contributed by atoms with Crippen molar-refractivity contribution in [2.75, 3.05) is 10.6 Å². The van der Waals surface area contributed by atoms with Crippen molar-refractivity contribution in [1.82, 2.24) is 4.98 Å². The summed E-state index contributed by atoms with van der Waals surface area (Å²) in [5.41, 5.74) is 13.2. The lowest BCUT2D eigenvalue weighted by Crippen LogP contribution is -2.28. The number of anilines is 3. The van der Waals surface area contributed by atoms with E-state index >= 15 is 0 Å². The fourth-order valence-electron chi connectivity index (χ4n) is 4.66. The maximum Gasteiger partial charge on any atom is 0.255 e. The molecule has 0 aliphatic heterocycles. The first-order valence-electron chi connectivity index (χ1n) is 12.8. The van der Waals surface area contributed by atoms with Gasteiger partial charge in [0, 0.05) is 50.7 Å². The normalized spacial score (nSPS) is 11.6. The Hall–Kier alpha value is -4.94. The zero-order chi connectivity index (χ0) is 27.0. The summed E-state index contributed by atoms with van der Waals surface area (Å²) in [7, 11) is 0. The number of amides is 1. The summed E-state index contributed by atoms with van der Waals surface area (Å²) in [4.78, 5) is 17.3. The lowest BCUT2D eigenvalue weighted by Gasteiger charge is -2.19. The molecule has 0 aliphatic rings. The second-order valence-electron chi connectivity index (χ2n) is 10.2. The Morgan fingerprint density at radius 1 is 0.795 bits per heavy atom. The number of nitrogens with one attached hydrogen (secondary N) is 2. The quantitative estimate of drug-likeness (QED) is 0.211. The second kappa shape index (κ2) is 9.74. The SMILES string of the molecule is CC(C)(N)c1ccc(C(=O)Nc2ccc(Nc3ccnc(-c4cccc5c4oc4ccccc45)c3)cc2)cc1. The number of hydrogen-bond acceptors (Lipinski definition) is 5. The smallest absolute Gasteiger partial charge is 0.255 e. The van der Waals surface area contributed by atoms with E-state index in [1.165, 1.54) is 0 Å². The third kappa shape index (κ3) is 4.98. The fraction of sp³-hybridized carbons (Fsp3) is 0.0909. The van der Waals surface area contributed by atoms with Gasteiger partial charge in [0.2, 0.25) is 0 Å². The first-order valence-corrected chi connectivity index (χ1v) is 12.8. The van der Waals surface area contributed by atoms with Gasteiger partial charge in [0.1, 0.15) is 11.2 Å². The van der Waals surface area contributed by atoms with Gasteiger partial charge in [0.05, 0.1) is 5.69 Å². The number of aromatic nitrogens is 1. The van der Waals surface area contributed by atoms with E-state index in [1.54, 1.807) is 18.3 Å². The minimum Gasteiger partial charge on any atom is -0.455 e. The molecule has 6 rings (SSSR count). The van der Waals surface area contributed by atoms with E-state index in [9.17, 15) is 4.79 Å². The molecule has 192 valence electrons. The highest BCUT2D eigenvalue weighted by Crippen LogP contribution is 2.35.